The van der Waals surface area contributed by atoms with Crippen LogP contribution >= 0.6 is 0 Å². The molecule has 9 heteroatoms. The van der Waals surface area contributed by atoms with Crippen molar-refractivity contribution in [3.63, 3.8) is 0 Å². The van der Waals surface area contributed by atoms with Crippen molar-refractivity contribution in [2.24, 2.45) is 0 Å². The highest BCUT2D eigenvalue weighted by Gasteiger charge is 2.28. The summed E-state index contributed by atoms with van der Waals surface area (Å²) in [7, 11) is -0.508. The molecule has 2 aromatic rings. The molecule has 0 spiro atoms. The van der Waals surface area contributed by atoms with Crippen LogP contribution in [0.1, 0.15) is 25.7 Å². The third-order valence-electron chi connectivity index (χ3n) is 5.02. The van der Waals surface area contributed by atoms with Crippen LogP contribution in [0.2, 0.25) is 0 Å². The minimum Gasteiger partial charge on any atom is -0.497 e. The Kier molecular flexibility index (Phi) is 7.75. The number of anilines is 1. The zero-order valence-corrected chi connectivity index (χ0v) is 18.6. The zero-order chi connectivity index (χ0) is 22.3. The van der Waals surface area contributed by atoms with Crippen molar-refractivity contribution in [2.45, 2.75) is 30.6 Å². The third kappa shape index (κ3) is 5.89. The van der Waals surface area contributed by atoms with E-state index in [1.807, 2.05) is 0 Å². The Bertz CT molecular complexity index is 986. The number of carbonyl (C=O) groups is 1. The summed E-state index contributed by atoms with van der Waals surface area (Å²) >= 11 is 0. The van der Waals surface area contributed by atoms with Crippen LogP contribution in [0.25, 0.3) is 0 Å². The molecule has 1 amide bonds. The molecule has 0 aliphatic carbocycles. The first-order valence-electron chi connectivity index (χ1n) is 10.2. The standard InChI is InChI=1S/C22H28N2O6S/c1-28-17-7-9-18(10-8-17)30-15-5-6-22(25)23-20-16-19(11-12-21(20)29-2)31(26,27)24-13-3-4-14-24/h7-12,16H,3-6,13-15H2,1-2H3,(H,23,25). The van der Waals surface area contributed by atoms with Gasteiger partial charge in [0.25, 0.3) is 0 Å². The van der Waals surface area contributed by atoms with Crippen molar-refractivity contribution in [3.05, 3.63) is 42.5 Å². The second kappa shape index (κ2) is 10.5. The molecule has 0 saturated carbocycles. The molecule has 1 N–H and O–H groups in total. The summed E-state index contributed by atoms with van der Waals surface area (Å²) in [5.41, 5.74) is 0.337. The van der Waals surface area contributed by atoms with Crippen LogP contribution < -0.4 is 19.5 Å². The fourth-order valence-electron chi connectivity index (χ4n) is 3.33. The predicted octanol–water partition coefficient (Wildman–Crippen LogP) is 3.29. The highest BCUT2D eigenvalue weighted by atomic mass is 32.2. The van der Waals surface area contributed by atoms with E-state index < -0.39 is 10.0 Å². The number of benzene rings is 2. The van der Waals surface area contributed by atoms with Gasteiger partial charge in [0.15, 0.2) is 0 Å². The van der Waals surface area contributed by atoms with Crippen LogP contribution in [0, 0.1) is 0 Å². The number of amides is 1. The second-order valence-electron chi connectivity index (χ2n) is 7.15. The van der Waals surface area contributed by atoms with Crippen LogP contribution in [-0.4, -0.2) is 52.5 Å². The first-order valence-corrected chi connectivity index (χ1v) is 11.6. The molecule has 31 heavy (non-hydrogen) atoms. The number of hydrogen-bond donors (Lipinski definition) is 1. The normalized spacial score (nSPS) is 14.3. The lowest BCUT2D eigenvalue weighted by atomic mass is 10.2. The highest BCUT2D eigenvalue weighted by molar-refractivity contribution is 7.89. The topological polar surface area (TPSA) is 94.2 Å². The smallest absolute Gasteiger partial charge is 0.243 e. The summed E-state index contributed by atoms with van der Waals surface area (Å²) in [5, 5.41) is 2.76. The molecule has 0 unspecified atom stereocenters. The van der Waals surface area contributed by atoms with Gasteiger partial charge in [0, 0.05) is 19.5 Å². The van der Waals surface area contributed by atoms with Crippen LogP contribution in [0.15, 0.2) is 47.4 Å². The van der Waals surface area contributed by atoms with Gasteiger partial charge in [-0.1, -0.05) is 0 Å². The molecule has 1 saturated heterocycles. The Morgan fingerprint density at radius 2 is 1.68 bits per heavy atom. The van der Waals surface area contributed by atoms with Crippen LogP contribution in [0.5, 0.6) is 17.2 Å². The molecular formula is C22H28N2O6S. The van der Waals surface area contributed by atoms with Gasteiger partial charge in [-0.15, -0.1) is 0 Å². The Hall–Kier alpha value is -2.78. The molecule has 0 atom stereocenters. The van der Waals surface area contributed by atoms with Gasteiger partial charge in [-0.05, 0) is 61.7 Å². The molecule has 1 fully saturated rings. The van der Waals surface area contributed by atoms with Crippen molar-refractivity contribution < 1.29 is 27.4 Å². The Morgan fingerprint density at radius 1 is 1.00 bits per heavy atom. The number of ether oxygens (including phenoxy) is 3. The summed E-state index contributed by atoms with van der Waals surface area (Å²) in [4.78, 5) is 12.5. The minimum absolute atomic E-state index is 0.147. The number of rotatable bonds is 10. The lowest BCUT2D eigenvalue weighted by Gasteiger charge is -2.17. The van der Waals surface area contributed by atoms with Gasteiger partial charge in [-0.25, -0.2) is 8.42 Å². The summed E-state index contributed by atoms with van der Waals surface area (Å²) in [6, 6.07) is 11.7. The van der Waals surface area contributed by atoms with E-state index in [4.69, 9.17) is 14.2 Å². The molecule has 1 aliphatic rings. The lowest BCUT2D eigenvalue weighted by molar-refractivity contribution is -0.116. The average molecular weight is 449 g/mol. The van der Waals surface area contributed by atoms with Gasteiger partial charge in [-0.2, -0.15) is 4.31 Å². The van der Waals surface area contributed by atoms with Gasteiger partial charge < -0.3 is 19.5 Å². The van der Waals surface area contributed by atoms with Gasteiger partial charge in [-0.3, -0.25) is 4.79 Å². The molecular weight excluding hydrogens is 420 g/mol. The second-order valence-corrected chi connectivity index (χ2v) is 9.09. The molecule has 168 valence electrons. The van der Waals surface area contributed by atoms with E-state index in [0.29, 0.717) is 43.3 Å². The van der Waals surface area contributed by atoms with Crippen molar-refractivity contribution >= 4 is 21.6 Å². The number of sulfonamides is 1. The number of carbonyl (C=O) groups excluding carboxylic acids is 1. The van der Waals surface area contributed by atoms with Gasteiger partial charge in [0.2, 0.25) is 15.9 Å². The third-order valence-corrected chi connectivity index (χ3v) is 6.92. The van der Waals surface area contributed by atoms with Crippen molar-refractivity contribution in [1.82, 2.24) is 4.31 Å². The summed E-state index contributed by atoms with van der Waals surface area (Å²) in [5.74, 6) is 1.60. The van der Waals surface area contributed by atoms with Crippen molar-refractivity contribution in [1.29, 1.82) is 0 Å². The van der Waals surface area contributed by atoms with E-state index in [0.717, 1.165) is 18.6 Å². The maximum absolute atomic E-state index is 12.8. The summed E-state index contributed by atoms with van der Waals surface area (Å²) < 4.78 is 43.1. The fraction of sp³-hybridized carbons (Fsp3) is 0.409. The maximum atomic E-state index is 12.8. The van der Waals surface area contributed by atoms with Crippen molar-refractivity contribution in [3.8, 4) is 17.2 Å². The lowest BCUT2D eigenvalue weighted by Crippen LogP contribution is -2.28. The highest BCUT2D eigenvalue weighted by Crippen LogP contribution is 2.30. The summed E-state index contributed by atoms with van der Waals surface area (Å²) in [6.45, 7) is 1.41. The number of nitrogens with zero attached hydrogens (tertiary/aromatic N) is 1. The number of nitrogens with one attached hydrogen (secondary N) is 1. The van der Waals surface area contributed by atoms with Gasteiger partial charge >= 0.3 is 0 Å². The molecule has 2 aromatic carbocycles. The van der Waals surface area contributed by atoms with Gasteiger partial charge in [0.1, 0.15) is 17.2 Å². The Morgan fingerprint density at radius 3 is 2.32 bits per heavy atom. The van der Waals surface area contributed by atoms with Crippen LogP contribution in [0.3, 0.4) is 0 Å². The average Bonchev–Trinajstić information content (AvgIpc) is 3.33. The molecule has 1 heterocycles. The van der Waals surface area contributed by atoms with E-state index in [2.05, 4.69) is 5.32 Å². The predicted molar refractivity (Wildman–Crippen MR) is 117 cm³/mol. The van der Waals surface area contributed by atoms with Crippen molar-refractivity contribution in [2.75, 3.05) is 39.2 Å². The van der Waals surface area contributed by atoms with Crippen LogP contribution in [-0.2, 0) is 14.8 Å². The molecule has 8 nitrogen and oxygen atoms in total. The Balaban J connectivity index is 1.56. The SMILES string of the molecule is COc1ccc(OCCCC(=O)Nc2cc(S(=O)(=O)N3CCCC3)ccc2OC)cc1. The molecule has 0 bridgehead atoms. The van der Waals surface area contributed by atoms with E-state index in [9.17, 15) is 13.2 Å². The first-order chi connectivity index (χ1) is 14.9. The molecule has 1 aliphatic heterocycles. The molecule has 3 rings (SSSR count). The monoisotopic (exact) mass is 448 g/mol. The van der Waals surface area contributed by atoms with E-state index >= 15 is 0 Å². The number of methoxy groups -OCH3 is 2. The van der Waals surface area contributed by atoms with E-state index in [-0.39, 0.29) is 17.2 Å². The minimum atomic E-state index is -3.58. The maximum Gasteiger partial charge on any atom is 0.243 e. The molecule has 0 aromatic heterocycles. The zero-order valence-electron chi connectivity index (χ0n) is 17.8. The van der Waals surface area contributed by atoms with Gasteiger partial charge in [0.05, 0.1) is 31.4 Å². The molecule has 0 radical (unpaired) electrons. The fourth-order valence-corrected chi connectivity index (χ4v) is 4.87. The largest absolute Gasteiger partial charge is 0.497 e. The summed E-state index contributed by atoms with van der Waals surface area (Å²) in [6.07, 6.45) is 2.45. The number of hydrogen-bond acceptors (Lipinski definition) is 6. The van der Waals surface area contributed by atoms with E-state index in [1.54, 1.807) is 37.4 Å². The van der Waals surface area contributed by atoms with Crippen LogP contribution in [0.4, 0.5) is 5.69 Å². The quantitative estimate of drug-likeness (QED) is 0.561. The van der Waals surface area contributed by atoms with E-state index in [1.165, 1.54) is 23.5 Å². The Labute approximate surface area is 183 Å². The first kappa shape index (κ1) is 22.9.